The number of amides is 2. The summed E-state index contributed by atoms with van der Waals surface area (Å²) >= 11 is 0. The van der Waals surface area contributed by atoms with Gasteiger partial charge in [-0.1, -0.05) is 142 Å². The monoisotopic (exact) mass is 1010 g/mol. The van der Waals surface area contributed by atoms with Gasteiger partial charge < -0.3 is 31.1 Å². The fourth-order valence-corrected chi connectivity index (χ4v) is 12.8. The molecule has 4 saturated heterocycles. The molecular formula is C60H116N10O2. The van der Waals surface area contributed by atoms with E-state index in [1.807, 2.05) is 0 Å². The van der Waals surface area contributed by atoms with Gasteiger partial charge in [-0.3, -0.25) is 29.2 Å². The number of allylic oxidation sites excluding steroid dienone is 2. The zero-order valence-corrected chi connectivity index (χ0v) is 47.3. The van der Waals surface area contributed by atoms with E-state index in [2.05, 4.69) is 76.7 Å². The summed E-state index contributed by atoms with van der Waals surface area (Å²) in [5.74, 6) is 3.94. The maximum absolute atomic E-state index is 13.2. The van der Waals surface area contributed by atoms with Crippen molar-refractivity contribution in [2.24, 2.45) is 23.7 Å². The zero-order chi connectivity index (χ0) is 50.5. The first-order valence-corrected chi connectivity index (χ1v) is 31.5. The van der Waals surface area contributed by atoms with E-state index in [1.165, 1.54) is 167 Å². The third-order valence-electron chi connectivity index (χ3n) is 17.7. The summed E-state index contributed by atoms with van der Waals surface area (Å²) in [4.78, 5) is 40.8. The molecule has 5 aliphatic rings. The second-order valence-electron chi connectivity index (χ2n) is 23.2. The summed E-state index contributed by atoms with van der Waals surface area (Å²) in [5.41, 5.74) is 0. The van der Waals surface area contributed by atoms with Gasteiger partial charge in [-0.25, -0.2) is 0 Å². The molecule has 4 fully saturated rings. The molecule has 5 rings (SSSR count). The van der Waals surface area contributed by atoms with E-state index < -0.39 is 0 Å². The molecule has 4 N–H and O–H groups in total. The minimum absolute atomic E-state index is 0.383. The Morgan fingerprint density at radius 1 is 0.389 bits per heavy atom. The average Bonchev–Trinajstić information content (AvgIpc) is 3.41. The first-order valence-electron chi connectivity index (χ1n) is 31.5. The van der Waals surface area contributed by atoms with Gasteiger partial charge in [-0.15, -0.1) is 0 Å². The molecule has 2 amide bonds. The van der Waals surface area contributed by atoms with Gasteiger partial charge in [-0.2, -0.15) is 0 Å². The lowest BCUT2D eigenvalue weighted by molar-refractivity contribution is -0.133. The highest BCUT2D eigenvalue weighted by atomic mass is 16.2. The van der Waals surface area contributed by atoms with Gasteiger partial charge in [0, 0.05) is 170 Å². The number of carbonyl (C=O) groups excluding carboxylic acids is 2. The number of hydrogen-bond donors (Lipinski definition) is 4. The van der Waals surface area contributed by atoms with Gasteiger partial charge in [0.1, 0.15) is 0 Å². The van der Waals surface area contributed by atoms with Crippen molar-refractivity contribution < 1.29 is 9.59 Å². The van der Waals surface area contributed by atoms with Crippen LogP contribution in [0.5, 0.6) is 0 Å². The fraction of sp³-hybridized carbons (Fsp3) is 0.933. The average molecular weight is 1010 g/mol. The van der Waals surface area contributed by atoms with Gasteiger partial charge in [-0.05, 0) is 62.2 Å². The predicted molar refractivity (Wildman–Crippen MR) is 305 cm³/mol. The number of nitrogens with one attached hydrogen (secondary N) is 4. The van der Waals surface area contributed by atoms with Crippen LogP contribution >= 0.6 is 0 Å². The van der Waals surface area contributed by atoms with Crippen LogP contribution in [-0.4, -0.2) is 198 Å². The van der Waals surface area contributed by atoms with E-state index in [0.29, 0.717) is 11.8 Å². The largest absolute Gasteiger partial charge is 0.340 e. The summed E-state index contributed by atoms with van der Waals surface area (Å²) in [6, 6.07) is 0. The highest BCUT2D eigenvalue weighted by Gasteiger charge is 2.35. The molecule has 12 nitrogen and oxygen atoms in total. The predicted octanol–water partition coefficient (Wildman–Crippen LogP) is 8.48. The van der Waals surface area contributed by atoms with Crippen molar-refractivity contribution >= 4 is 11.8 Å². The van der Waals surface area contributed by atoms with Crippen LogP contribution < -0.4 is 21.3 Å². The van der Waals surface area contributed by atoms with Crippen LogP contribution in [0.1, 0.15) is 181 Å². The summed E-state index contributed by atoms with van der Waals surface area (Å²) in [6.07, 6.45) is 38.6. The molecule has 4 unspecified atom stereocenters. The molecule has 0 bridgehead atoms. The second kappa shape index (κ2) is 39.7. The molecule has 0 aromatic heterocycles. The number of hydrogen-bond acceptors (Lipinski definition) is 10. The lowest BCUT2D eigenvalue weighted by Gasteiger charge is -2.41. The molecule has 0 aromatic rings. The fourth-order valence-electron chi connectivity index (χ4n) is 12.8. The van der Waals surface area contributed by atoms with Crippen molar-refractivity contribution in [1.29, 1.82) is 0 Å². The maximum Gasteiger partial charge on any atom is 0.222 e. The number of nitrogens with zero attached hydrogens (tertiary/aromatic N) is 6. The van der Waals surface area contributed by atoms with Crippen LogP contribution in [-0.2, 0) is 9.59 Å². The van der Waals surface area contributed by atoms with Crippen molar-refractivity contribution in [3.05, 3.63) is 12.2 Å². The smallest absolute Gasteiger partial charge is 0.222 e. The van der Waals surface area contributed by atoms with Crippen LogP contribution in [0.2, 0.25) is 0 Å². The Bertz CT molecular complexity index is 1360. The minimum atomic E-state index is 0.383. The normalized spacial score (nSPS) is 23.1. The Morgan fingerprint density at radius 2 is 0.694 bits per heavy atom. The summed E-state index contributed by atoms with van der Waals surface area (Å²) in [5, 5.41) is 14.2. The molecule has 0 spiro atoms. The topological polar surface area (TPSA) is 102 Å². The highest BCUT2D eigenvalue weighted by Crippen LogP contribution is 2.44. The van der Waals surface area contributed by atoms with Crippen LogP contribution in [0.15, 0.2) is 12.2 Å². The molecule has 12 heteroatoms. The van der Waals surface area contributed by atoms with Crippen molar-refractivity contribution in [3.8, 4) is 0 Å². The molecular weight excluding hydrogens is 893 g/mol. The second-order valence-corrected chi connectivity index (χ2v) is 23.2. The van der Waals surface area contributed by atoms with Crippen LogP contribution in [0, 0.1) is 23.7 Å². The van der Waals surface area contributed by atoms with E-state index in [-0.39, 0.29) is 0 Å². The van der Waals surface area contributed by atoms with Gasteiger partial charge in [0.15, 0.2) is 0 Å². The molecule has 4 heterocycles. The summed E-state index contributed by atoms with van der Waals surface area (Å²) < 4.78 is 0. The van der Waals surface area contributed by atoms with E-state index in [4.69, 9.17) is 0 Å². The molecule has 0 radical (unpaired) electrons. The number of piperazine rings is 4. The summed E-state index contributed by atoms with van der Waals surface area (Å²) in [7, 11) is 0. The highest BCUT2D eigenvalue weighted by molar-refractivity contribution is 5.76. The van der Waals surface area contributed by atoms with Gasteiger partial charge in [0.2, 0.25) is 11.8 Å². The molecule has 72 heavy (non-hydrogen) atoms. The lowest BCUT2D eigenvalue weighted by atomic mass is 9.64. The van der Waals surface area contributed by atoms with Gasteiger partial charge >= 0.3 is 0 Å². The zero-order valence-electron chi connectivity index (χ0n) is 47.3. The first-order chi connectivity index (χ1) is 35.5. The van der Waals surface area contributed by atoms with Crippen molar-refractivity contribution in [2.75, 3.05) is 157 Å². The van der Waals surface area contributed by atoms with Crippen molar-refractivity contribution in [2.45, 2.75) is 181 Å². The quantitative estimate of drug-likeness (QED) is 0.0354. The van der Waals surface area contributed by atoms with Gasteiger partial charge in [0.05, 0.1) is 0 Å². The van der Waals surface area contributed by atoms with Crippen LogP contribution in [0.3, 0.4) is 0 Å². The van der Waals surface area contributed by atoms with E-state index >= 15 is 0 Å². The first kappa shape index (κ1) is 61.2. The Morgan fingerprint density at radius 3 is 1.07 bits per heavy atom. The number of carbonyl (C=O) groups is 2. The number of rotatable bonds is 40. The van der Waals surface area contributed by atoms with Crippen LogP contribution in [0.4, 0.5) is 0 Å². The van der Waals surface area contributed by atoms with Crippen LogP contribution in [0.25, 0.3) is 0 Å². The molecule has 4 atom stereocenters. The molecule has 1 aliphatic carbocycles. The molecule has 0 saturated carbocycles. The van der Waals surface area contributed by atoms with Gasteiger partial charge in [0.25, 0.3) is 0 Å². The van der Waals surface area contributed by atoms with Crippen molar-refractivity contribution in [3.63, 3.8) is 0 Å². The lowest BCUT2D eigenvalue weighted by Crippen LogP contribution is -2.50. The standard InChI is InChI=1S/C60H116N10O2/c1-3-5-7-9-13-19-25-57-55(23-17-8-6-4-2)29-30-56(24-18-12-10-15-21-27-59(71)69-51-47-67(48-52-69)45-37-63-35-43-65-39-31-61-32-40-65)58(57)26-20-14-11-16-22-28-60(72)70-53-49-68(50-54-70)46-38-64-36-44-66-41-33-62-34-42-66/h29-30,55-58,61-64H,3-28,31-54H2,1-2H3. The van der Waals surface area contributed by atoms with E-state index in [1.54, 1.807) is 0 Å². The third kappa shape index (κ3) is 25.9. The Labute approximate surface area is 444 Å². The summed E-state index contributed by atoms with van der Waals surface area (Å²) in [6.45, 7) is 30.1. The number of unbranched alkanes of at least 4 members (excludes halogenated alkanes) is 16. The Hall–Kier alpha value is -1.64. The molecule has 0 aromatic carbocycles. The third-order valence-corrected chi connectivity index (χ3v) is 17.7. The minimum Gasteiger partial charge on any atom is -0.340 e. The molecule has 418 valence electrons. The Kier molecular flexibility index (Phi) is 33.8. The molecule has 4 aliphatic heterocycles. The van der Waals surface area contributed by atoms with Crippen molar-refractivity contribution in [1.82, 2.24) is 50.7 Å². The van der Waals surface area contributed by atoms with E-state index in [0.717, 1.165) is 180 Å². The maximum atomic E-state index is 13.2. The van der Waals surface area contributed by atoms with E-state index in [9.17, 15) is 9.59 Å². The Balaban J connectivity index is 0.956. The SMILES string of the molecule is CCCCCCCCC1C(CCCCCC)C=CC(CCCCCCCC(=O)N2CCN(CCNCCN3CCNCC3)CC2)C1CCCCCCCC(=O)N1CCN(CCNCCN2CCNCC2)CC1.